The smallest absolute Gasteiger partial charge is 0.326 e. The Morgan fingerprint density at radius 3 is 2.22 bits per heavy atom. The molecule has 0 saturated heterocycles. The van der Waals surface area contributed by atoms with Gasteiger partial charge in [0.2, 0.25) is 5.91 Å². The maximum atomic E-state index is 14.8. The zero-order valence-corrected chi connectivity index (χ0v) is 22.7. The number of sulfonamides is 1. The first kappa shape index (κ1) is 29.9. The zero-order chi connectivity index (χ0) is 27.0. The number of aliphatic carboxylic acids is 1. The van der Waals surface area contributed by atoms with E-state index in [-0.39, 0.29) is 33.9 Å². The number of carbonyl (C=O) groups excluding carboxylic acids is 1. The van der Waals surface area contributed by atoms with E-state index >= 15 is 0 Å². The molecule has 7 nitrogen and oxygen atoms in total. The Balaban J connectivity index is 2.14. The fraction of sp³-hybridized carbons (Fsp3) is 0.440. The first-order valence-corrected chi connectivity index (χ1v) is 13.8. The average molecular weight is 562 g/mol. The lowest BCUT2D eigenvalue weighted by atomic mass is 10.0. The highest BCUT2D eigenvalue weighted by Crippen LogP contribution is 2.32. The number of anilines is 1. The van der Waals surface area contributed by atoms with Crippen LogP contribution in [0.3, 0.4) is 0 Å². The van der Waals surface area contributed by atoms with Gasteiger partial charge >= 0.3 is 5.97 Å². The van der Waals surface area contributed by atoms with Gasteiger partial charge in [0.25, 0.3) is 10.0 Å². The average Bonchev–Trinajstić information content (AvgIpc) is 2.78. The molecular weight excluding hydrogens is 530 g/mol. The number of unbranched alkanes of at least 4 members (excludes halogenated alkanes) is 1. The number of benzene rings is 2. The summed E-state index contributed by atoms with van der Waals surface area (Å²) in [7, 11) is -4.17. The molecule has 2 aromatic rings. The fourth-order valence-electron chi connectivity index (χ4n) is 3.78. The van der Waals surface area contributed by atoms with Crippen LogP contribution < -0.4 is 9.62 Å². The summed E-state index contributed by atoms with van der Waals surface area (Å²) in [5.74, 6) is -2.11. The molecule has 1 amide bonds. The summed E-state index contributed by atoms with van der Waals surface area (Å²) in [4.78, 5) is 23.5. The summed E-state index contributed by atoms with van der Waals surface area (Å²) in [5.41, 5.74) is -0.180. The van der Waals surface area contributed by atoms with E-state index in [1.165, 1.54) is 36.4 Å². The quantitative estimate of drug-likeness (QED) is 0.297. The van der Waals surface area contributed by atoms with Crippen LogP contribution in [0.25, 0.3) is 0 Å². The van der Waals surface area contributed by atoms with E-state index in [2.05, 4.69) is 5.32 Å². The molecule has 0 spiro atoms. The first-order valence-electron chi connectivity index (χ1n) is 11.6. The number of carboxylic acid groups (broad SMARTS) is 1. The molecule has 0 bridgehead atoms. The van der Waals surface area contributed by atoms with Crippen molar-refractivity contribution in [1.82, 2.24) is 5.32 Å². The summed E-state index contributed by atoms with van der Waals surface area (Å²) < 4.78 is 42.8. The molecule has 2 atom stereocenters. The second-order valence-electron chi connectivity index (χ2n) is 9.03. The summed E-state index contributed by atoms with van der Waals surface area (Å²) in [6, 6.07) is 7.64. The van der Waals surface area contributed by atoms with Crippen molar-refractivity contribution in [3.63, 3.8) is 0 Å². The SMILES string of the molecule is CC(C)C[C@H](NC(=O)CCCC[C@@H](C)N(c1cc(Cl)ccc1F)S(=O)(=O)c1ccc(Cl)cc1)C(=O)O. The van der Waals surface area contributed by atoms with Crippen molar-refractivity contribution in [2.75, 3.05) is 4.31 Å². The maximum Gasteiger partial charge on any atom is 0.326 e. The Kier molecular flexibility index (Phi) is 11.0. The van der Waals surface area contributed by atoms with Crippen LogP contribution in [0.2, 0.25) is 10.0 Å². The minimum Gasteiger partial charge on any atom is -0.480 e. The first-order chi connectivity index (χ1) is 16.8. The van der Waals surface area contributed by atoms with Gasteiger partial charge in [-0.15, -0.1) is 0 Å². The van der Waals surface area contributed by atoms with Crippen LogP contribution in [0.15, 0.2) is 47.4 Å². The van der Waals surface area contributed by atoms with Gasteiger partial charge in [0.1, 0.15) is 11.9 Å². The molecule has 0 fully saturated rings. The van der Waals surface area contributed by atoms with Crippen LogP contribution in [-0.4, -0.2) is 37.5 Å². The third-order valence-corrected chi connectivity index (χ3v) is 7.96. The van der Waals surface area contributed by atoms with Crippen molar-refractivity contribution in [2.45, 2.75) is 69.9 Å². The largest absolute Gasteiger partial charge is 0.480 e. The number of nitrogens with zero attached hydrogens (tertiary/aromatic N) is 1. The molecule has 0 heterocycles. The zero-order valence-electron chi connectivity index (χ0n) is 20.4. The van der Waals surface area contributed by atoms with Crippen molar-refractivity contribution >= 4 is 50.8 Å². The Bertz CT molecular complexity index is 1160. The van der Waals surface area contributed by atoms with Crippen molar-refractivity contribution in [1.29, 1.82) is 0 Å². The summed E-state index contributed by atoms with van der Waals surface area (Å²) in [6.45, 7) is 5.39. The van der Waals surface area contributed by atoms with Crippen LogP contribution in [0.5, 0.6) is 0 Å². The molecule has 0 aliphatic heterocycles. The van der Waals surface area contributed by atoms with Gasteiger partial charge in [0, 0.05) is 22.5 Å². The Hall–Kier alpha value is -2.36. The monoisotopic (exact) mass is 560 g/mol. The van der Waals surface area contributed by atoms with Crippen LogP contribution in [-0.2, 0) is 19.6 Å². The number of hydrogen-bond acceptors (Lipinski definition) is 4. The van der Waals surface area contributed by atoms with Crippen molar-refractivity contribution < 1.29 is 27.5 Å². The second kappa shape index (κ2) is 13.3. The maximum absolute atomic E-state index is 14.8. The van der Waals surface area contributed by atoms with Gasteiger partial charge in [0.15, 0.2) is 0 Å². The topological polar surface area (TPSA) is 104 Å². The minimum atomic E-state index is -4.17. The molecule has 2 N–H and O–H groups in total. The van der Waals surface area contributed by atoms with Gasteiger partial charge < -0.3 is 10.4 Å². The molecule has 0 aliphatic rings. The lowest BCUT2D eigenvalue weighted by molar-refractivity contribution is -0.142. The van der Waals surface area contributed by atoms with Gasteiger partial charge in [-0.2, -0.15) is 0 Å². The predicted octanol–water partition coefficient (Wildman–Crippen LogP) is 5.89. The fourth-order valence-corrected chi connectivity index (χ4v) is 5.76. The highest BCUT2D eigenvalue weighted by atomic mass is 35.5. The van der Waals surface area contributed by atoms with Gasteiger partial charge in [-0.05, 0) is 74.6 Å². The molecule has 36 heavy (non-hydrogen) atoms. The van der Waals surface area contributed by atoms with Crippen molar-refractivity contribution in [2.24, 2.45) is 5.92 Å². The summed E-state index contributed by atoms with van der Waals surface area (Å²) in [5, 5.41) is 12.4. The van der Waals surface area contributed by atoms with Gasteiger partial charge in [-0.25, -0.2) is 17.6 Å². The normalized spacial score (nSPS) is 13.3. The van der Waals surface area contributed by atoms with E-state index in [9.17, 15) is 27.5 Å². The van der Waals surface area contributed by atoms with Crippen LogP contribution in [0.1, 0.15) is 52.9 Å². The molecule has 11 heteroatoms. The lowest BCUT2D eigenvalue weighted by Gasteiger charge is -2.31. The molecule has 0 radical (unpaired) electrons. The van der Waals surface area contributed by atoms with E-state index in [4.69, 9.17) is 23.2 Å². The molecule has 0 saturated carbocycles. The predicted molar refractivity (Wildman–Crippen MR) is 139 cm³/mol. The van der Waals surface area contributed by atoms with Crippen molar-refractivity contribution in [3.8, 4) is 0 Å². The second-order valence-corrected chi connectivity index (χ2v) is 11.7. The number of carbonyl (C=O) groups is 2. The van der Waals surface area contributed by atoms with E-state index < -0.39 is 33.9 Å². The lowest BCUT2D eigenvalue weighted by Crippen LogP contribution is -2.41. The Morgan fingerprint density at radius 1 is 1.03 bits per heavy atom. The van der Waals surface area contributed by atoms with Gasteiger partial charge in [-0.1, -0.05) is 43.5 Å². The molecule has 0 aromatic heterocycles. The molecular formula is C25H31Cl2FN2O5S. The highest BCUT2D eigenvalue weighted by molar-refractivity contribution is 7.92. The van der Waals surface area contributed by atoms with Crippen molar-refractivity contribution in [3.05, 3.63) is 58.3 Å². The van der Waals surface area contributed by atoms with Crippen LogP contribution in [0, 0.1) is 11.7 Å². The summed E-state index contributed by atoms with van der Waals surface area (Å²) in [6.07, 6.45) is 1.58. The molecule has 2 rings (SSSR count). The van der Waals surface area contributed by atoms with E-state index in [1.807, 2.05) is 13.8 Å². The number of nitrogens with one attached hydrogen (secondary N) is 1. The summed E-state index contributed by atoms with van der Waals surface area (Å²) >= 11 is 11.9. The Labute approximate surface area is 221 Å². The number of carboxylic acids is 1. The molecule has 198 valence electrons. The third kappa shape index (κ3) is 8.35. The van der Waals surface area contributed by atoms with Crippen LogP contribution in [0.4, 0.5) is 10.1 Å². The number of halogens is 3. The van der Waals surface area contributed by atoms with Gasteiger partial charge in [-0.3, -0.25) is 9.10 Å². The highest BCUT2D eigenvalue weighted by Gasteiger charge is 2.31. The van der Waals surface area contributed by atoms with E-state index in [0.717, 1.165) is 10.4 Å². The molecule has 0 unspecified atom stereocenters. The number of hydrogen-bond donors (Lipinski definition) is 2. The van der Waals surface area contributed by atoms with Gasteiger partial charge in [0.05, 0.1) is 10.6 Å². The van der Waals surface area contributed by atoms with Crippen LogP contribution >= 0.6 is 23.2 Å². The number of amides is 1. The third-order valence-electron chi connectivity index (χ3n) is 5.53. The minimum absolute atomic E-state index is 0.0534. The molecule has 2 aromatic carbocycles. The standard InChI is InChI=1S/C25H31Cl2FN2O5S/c1-16(2)14-22(25(32)33)29-24(31)7-5-4-6-17(3)30(23-15-19(27)10-13-21(23)28)36(34,35)20-11-8-18(26)9-12-20/h8-13,15-17,22H,4-7,14H2,1-3H3,(H,29,31)(H,32,33)/t17-,22+/m1/s1. The van der Waals surface area contributed by atoms with E-state index in [1.54, 1.807) is 6.92 Å². The molecule has 0 aliphatic carbocycles. The van der Waals surface area contributed by atoms with E-state index in [0.29, 0.717) is 30.7 Å². The number of rotatable bonds is 13. The Morgan fingerprint density at radius 2 is 1.64 bits per heavy atom.